The molecule has 0 aliphatic rings. The maximum absolute atomic E-state index is 13.1. The zero-order valence-electron chi connectivity index (χ0n) is 12.0. The van der Waals surface area contributed by atoms with E-state index in [-0.39, 0.29) is 5.82 Å². The molecule has 0 unspecified atom stereocenters. The molecule has 0 aliphatic heterocycles. The molecule has 0 bridgehead atoms. The predicted molar refractivity (Wildman–Crippen MR) is 86.6 cm³/mol. The van der Waals surface area contributed by atoms with Gasteiger partial charge in [0.25, 0.3) is 0 Å². The van der Waals surface area contributed by atoms with Gasteiger partial charge in [-0.1, -0.05) is 11.6 Å². The predicted octanol–water partition coefficient (Wildman–Crippen LogP) is 3.24. The molecule has 0 fully saturated rings. The summed E-state index contributed by atoms with van der Waals surface area (Å²) in [6.45, 7) is 0. The Kier molecular flexibility index (Phi) is 3.58. The minimum atomic E-state index is -0.440. The van der Waals surface area contributed by atoms with Crippen LogP contribution in [0.4, 0.5) is 10.2 Å². The summed E-state index contributed by atoms with van der Waals surface area (Å²) < 4.78 is 14.5. The number of nitrogens with zero attached hydrogens (tertiary/aromatic N) is 3. The second-order valence-electron chi connectivity index (χ2n) is 5.09. The molecule has 0 spiro atoms. The van der Waals surface area contributed by atoms with Gasteiger partial charge in [0.05, 0.1) is 11.2 Å². The first-order valence-electron chi connectivity index (χ1n) is 6.63. The van der Waals surface area contributed by atoms with Crippen molar-refractivity contribution in [1.29, 1.82) is 0 Å². The number of fused-ring (bicyclic) bond motifs is 1. The van der Waals surface area contributed by atoms with Crippen molar-refractivity contribution in [2.24, 2.45) is 0 Å². The van der Waals surface area contributed by atoms with Gasteiger partial charge >= 0.3 is 5.69 Å². The highest BCUT2D eigenvalue weighted by atomic mass is 35.5. The lowest BCUT2D eigenvalue weighted by molar-refractivity contribution is 0.627. The van der Waals surface area contributed by atoms with E-state index < -0.39 is 5.69 Å². The van der Waals surface area contributed by atoms with Crippen molar-refractivity contribution in [3.63, 3.8) is 0 Å². The fourth-order valence-corrected chi connectivity index (χ4v) is 2.53. The smallest absolute Gasteiger partial charge is 0.354 e. The van der Waals surface area contributed by atoms with Crippen molar-refractivity contribution in [1.82, 2.24) is 9.55 Å². The molecule has 0 N–H and O–H groups in total. The molecule has 3 aromatic rings. The molecule has 0 amide bonds. The lowest BCUT2D eigenvalue weighted by Crippen LogP contribution is -2.25. The van der Waals surface area contributed by atoms with Crippen molar-refractivity contribution in [3.05, 3.63) is 63.8 Å². The van der Waals surface area contributed by atoms with Gasteiger partial charge in [0.1, 0.15) is 11.6 Å². The highest BCUT2D eigenvalue weighted by molar-refractivity contribution is 6.31. The molecular formula is C16H13ClFN3O. The average molecular weight is 318 g/mol. The molecule has 4 nitrogen and oxygen atoms in total. The quantitative estimate of drug-likeness (QED) is 0.728. The number of halogens is 2. The monoisotopic (exact) mass is 317 g/mol. The van der Waals surface area contributed by atoms with Gasteiger partial charge in [0, 0.05) is 24.5 Å². The Balaban J connectivity index is 2.42. The SMILES string of the molecule is CN(C)c1nc(=O)n(-c2ccc(F)cc2)c2cc(Cl)ccc12. The molecule has 0 atom stereocenters. The first-order valence-corrected chi connectivity index (χ1v) is 7.01. The van der Waals surface area contributed by atoms with Gasteiger partial charge in [0.2, 0.25) is 0 Å². The topological polar surface area (TPSA) is 38.1 Å². The van der Waals surface area contributed by atoms with Crippen LogP contribution in [-0.4, -0.2) is 23.6 Å². The number of anilines is 1. The Bertz CT molecular complexity index is 904. The fourth-order valence-electron chi connectivity index (χ4n) is 2.36. The number of aromatic nitrogens is 2. The van der Waals surface area contributed by atoms with Crippen LogP contribution in [-0.2, 0) is 0 Å². The third-order valence-corrected chi connectivity index (χ3v) is 3.58. The second kappa shape index (κ2) is 5.42. The van der Waals surface area contributed by atoms with E-state index in [1.54, 1.807) is 17.0 Å². The maximum atomic E-state index is 13.1. The van der Waals surface area contributed by atoms with Crippen molar-refractivity contribution in [2.45, 2.75) is 0 Å². The Morgan fingerprint density at radius 2 is 1.82 bits per heavy atom. The number of rotatable bonds is 2. The molecule has 1 aromatic heterocycles. The lowest BCUT2D eigenvalue weighted by Gasteiger charge is -2.17. The Morgan fingerprint density at radius 1 is 1.14 bits per heavy atom. The zero-order chi connectivity index (χ0) is 15.9. The first-order chi connectivity index (χ1) is 10.5. The van der Waals surface area contributed by atoms with Gasteiger partial charge in [-0.25, -0.2) is 9.18 Å². The number of hydrogen-bond donors (Lipinski definition) is 0. The van der Waals surface area contributed by atoms with Crippen LogP contribution < -0.4 is 10.6 Å². The zero-order valence-corrected chi connectivity index (χ0v) is 12.8. The molecule has 6 heteroatoms. The van der Waals surface area contributed by atoms with E-state index in [9.17, 15) is 9.18 Å². The van der Waals surface area contributed by atoms with Crippen LogP contribution in [0.5, 0.6) is 0 Å². The molecule has 112 valence electrons. The summed E-state index contributed by atoms with van der Waals surface area (Å²) in [5.41, 5.74) is 0.726. The molecule has 0 saturated carbocycles. The summed E-state index contributed by atoms with van der Waals surface area (Å²) in [7, 11) is 3.64. The maximum Gasteiger partial charge on any atom is 0.354 e. The molecule has 0 aliphatic carbocycles. The summed E-state index contributed by atoms with van der Waals surface area (Å²) in [5, 5.41) is 1.30. The Labute approximate surface area is 131 Å². The summed E-state index contributed by atoms with van der Waals surface area (Å²) in [6.07, 6.45) is 0. The lowest BCUT2D eigenvalue weighted by atomic mass is 10.2. The molecule has 2 aromatic carbocycles. The highest BCUT2D eigenvalue weighted by Gasteiger charge is 2.13. The number of hydrogen-bond acceptors (Lipinski definition) is 3. The van der Waals surface area contributed by atoms with Crippen molar-refractivity contribution >= 4 is 28.3 Å². The summed E-state index contributed by atoms with van der Waals surface area (Å²) in [5.74, 6) is 0.201. The number of benzene rings is 2. The van der Waals surface area contributed by atoms with Gasteiger partial charge in [-0.2, -0.15) is 4.98 Å². The van der Waals surface area contributed by atoms with E-state index in [0.29, 0.717) is 22.0 Å². The van der Waals surface area contributed by atoms with Crippen molar-refractivity contribution in [3.8, 4) is 5.69 Å². The highest BCUT2D eigenvalue weighted by Crippen LogP contribution is 2.26. The van der Waals surface area contributed by atoms with Gasteiger partial charge in [-0.05, 0) is 42.5 Å². The van der Waals surface area contributed by atoms with Crippen LogP contribution in [0.25, 0.3) is 16.6 Å². The van der Waals surface area contributed by atoms with Gasteiger partial charge in [0.15, 0.2) is 0 Å². The van der Waals surface area contributed by atoms with Gasteiger partial charge in [-0.3, -0.25) is 4.57 Å². The summed E-state index contributed by atoms with van der Waals surface area (Å²) in [4.78, 5) is 18.3. The van der Waals surface area contributed by atoms with Crippen LogP contribution in [0.1, 0.15) is 0 Å². The largest absolute Gasteiger partial charge is 0.362 e. The molecule has 0 saturated heterocycles. The van der Waals surface area contributed by atoms with Crippen LogP contribution in [0.3, 0.4) is 0 Å². The van der Waals surface area contributed by atoms with Crippen LogP contribution in [0.15, 0.2) is 47.3 Å². The molecule has 0 radical (unpaired) electrons. The van der Waals surface area contributed by atoms with E-state index in [1.807, 2.05) is 20.2 Å². The third-order valence-electron chi connectivity index (χ3n) is 3.34. The van der Waals surface area contributed by atoms with Crippen LogP contribution >= 0.6 is 11.6 Å². The Morgan fingerprint density at radius 3 is 2.45 bits per heavy atom. The Hall–Kier alpha value is -2.40. The van der Waals surface area contributed by atoms with E-state index in [1.165, 1.54) is 28.8 Å². The van der Waals surface area contributed by atoms with Crippen LogP contribution in [0.2, 0.25) is 5.02 Å². The average Bonchev–Trinajstić information content (AvgIpc) is 2.47. The normalized spacial score (nSPS) is 10.9. The summed E-state index contributed by atoms with van der Waals surface area (Å²) in [6, 6.07) is 11.0. The molecular weight excluding hydrogens is 305 g/mol. The minimum absolute atomic E-state index is 0.364. The third kappa shape index (κ3) is 2.44. The van der Waals surface area contributed by atoms with Crippen molar-refractivity contribution in [2.75, 3.05) is 19.0 Å². The minimum Gasteiger partial charge on any atom is -0.362 e. The van der Waals surface area contributed by atoms with Gasteiger partial charge in [-0.15, -0.1) is 0 Å². The van der Waals surface area contributed by atoms with Gasteiger partial charge < -0.3 is 4.90 Å². The molecule has 1 heterocycles. The molecule has 3 rings (SSSR count). The van der Waals surface area contributed by atoms with Crippen LogP contribution in [0, 0.1) is 5.82 Å². The second-order valence-corrected chi connectivity index (χ2v) is 5.52. The van der Waals surface area contributed by atoms with E-state index in [2.05, 4.69) is 4.98 Å². The van der Waals surface area contributed by atoms with E-state index in [4.69, 9.17) is 11.6 Å². The standard InChI is InChI=1S/C16H13ClFN3O/c1-20(2)15-13-8-3-10(17)9-14(13)21(16(22)19-15)12-6-4-11(18)5-7-12/h3-9H,1-2H3. The molecule has 22 heavy (non-hydrogen) atoms. The first kappa shape index (κ1) is 14.5. The van der Waals surface area contributed by atoms with Crippen molar-refractivity contribution < 1.29 is 4.39 Å². The van der Waals surface area contributed by atoms with E-state index in [0.717, 1.165) is 5.39 Å². The van der Waals surface area contributed by atoms with E-state index >= 15 is 0 Å². The fraction of sp³-hybridized carbons (Fsp3) is 0.125. The summed E-state index contributed by atoms with van der Waals surface area (Å²) >= 11 is 6.08.